The van der Waals surface area contributed by atoms with Gasteiger partial charge in [0.1, 0.15) is 23.7 Å². The monoisotopic (exact) mass is 394 g/mol. The van der Waals surface area contributed by atoms with Crippen molar-refractivity contribution in [3.8, 4) is 0 Å². The number of piperidine rings is 1. The number of hydrogen-bond acceptors (Lipinski definition) is 6. The SMILES string of the molecule is CN(C)c1cc(NC2CCN(C(=O)c3ccc(C(F)(F)F)nc3)CC2)ncn1. The number of rotatable bonds is 4. The smallest absolute Gasteiger partial charge is 0.367 e. The van der Waals surface area contributed by atoms with Gasteiger partial charge in [0.15, 0.2) is 0 Å². The van der Waals surface area contributed by atoms with Crippen LogP contribution < -0.4 is 10.2 Å². The summed E-state index contributed by atoms with van der Waals surface area (Å²) in [5, 5.41) is 3.35. The molecule has 0 atom stereocenters. The Bertz CT molecular complexity index is 817. The molecule has 0 aromatic carbocycles. The van der Waals surface area contributed by atoms with Crippen molar-refractivity contribution in [2.45, 2.75) is 25.1 Å². The first-order chi connectivity index (χ1) is 13.2. The molecule has 1 amide bonds. The van der Waals surface area contributed by atoms with E-state index in [4.69, 9.17) is 0 Å². The standard InChI is InChI=1S/C18H21F3N6O/c1-26(2)16-9-15(23-11-24-16)25-13-5-7-27(8-6-13)17(28)12-3-4-14(22-10-12)18(19,20)21/h3-4,9-11,13H,5-8H2,1-2H3,(H,23,24,25). The van der Waals surface area contributed by atoms with E-state index in [1.807, 2.05) is 25.1 Å². The van der Waals surface area contributed by atoms with E-state index in [-0.39, 0.29) is 17.5 Å². The summed E-state index contributed by atoms with van der Waals surface area (Å²) >= 11 is 0. The average molecular weight is 394 g/mol. The number of alkyl halides is 3. The first-order valence-corrected chi connectivity index (χ1v) is 8.82. The summed E-state index contributed by atoms with van der Waals surface area (Å²) in [5.41, 5.74) is -0.847. The molecule has 1 aliphatic rings. The van der Waals surface area contributed by atoms with Crippen molar-refractivity contribution in [3.63, 3.8) is 0 Å². The lowest BCUT2D eigenvalue weighted by atomic mass is 10.0. The van der Waals surface area contributed by atoms with Crippen molar-refractivity contribution in [2.24, 2.45) is 0 Å². The van der Waals surface area contributed by atoms with E-state index in [1.165, 1.54) is 12.4 Å². The Balaban J connectivity index is 1.56. The molecule has 2 aromatic heterocycles. The van der Waals surface area contributed by atoms with Crippen molar-refractivity contribution < 1.29 is 18.0 Å². The quantitative estimate of drug-likeness (QED) is 0.860. The highest BCUT2D eigenvalue weighted by Gasteiger charge is 2.32. The second-order valence-corrected chi connectivity index (χ2v) is 6.80. The lowest BCUT2D eigenvalue weighted by Crippen LogP contribution is -2.42. The number of pyridine rings is 1. The third-order valence-corrected chi connectivity index (χ3v) is 4.55. The minimum atomic E-state index is -4.51. The lowest BCUT2D eigenvalue weighted by Gasteiger charge is -2.32. The number of anilines is 2. The van der Waals surface area contributed by atoms with Crippen LogP contribution >= 0.6 is 0 Å². The first kappa shape index (κ1) is 19.8. The fourth-order valence-corrected chi connectivity index (χ4v) is 2.98. The second kappa shape index (κ2) is 7.99. The Morgan fingerprint density at radius 3 is 2.46 bits per heavy atom. The third kappa shape index (κ3) is 4.68. The van der Waals surface area contributed by atoms with Gasteiger partial charge in [-0.15, -0.1) is 0 Å². The fourth-order valence-electron chi connectivity index (χ4n) is 2.98. The maximum absolute atomic E-state index is 12.6. The highest BCUT2D eigenvalue weighted by molar-refractivity contribution is 5.94. The summed E-state index contributed by atoms with van der Waals surface area (Å²) in [6.45, 7) is 1.01. The third-order valence-electron chi connectivity index (χ3n) is 4.55. The molecule has 0 radical (unpaired) electrons. The van der Waals surface area contributed by atoms with Crippen LogP contribution in [-0.4, -0.2) is 59.0 Å². The maximum Gasteiger partial charge on any atom is 0.433 e. The summed E-state index contributed by atoms with van der Waals surface area (Å²) in [6.07, 6.45) is -0.617. The first-order valence-electron chi connectivity index (χ1n) is 8.82. The number of aromatic nitrogens is 3. The van der Waals surface area contributed by atoms with Gasteiger partial charge >= 0.3 is 6.18 Å². The molecule has 3 rings (SSSR count). The topological polar surface area (TPSA) is 74.2 Å². The molecular formula is C18H21F3N6O. The molecule has 0 unspecified atom stereocenters. The van der Waals surface area contributed by atoms with E-state index < -0.39 is 11.9 Å². The number of nitrogens with one attached hydrogen (secondary N) is 1. The molecule has 1 fully saturated rings. The molecule has 0 saturated carbocycles. The summed E-state index contributed by atoms with van der Waals surface area (Å²) in [6, 6.07) is 4.01. The molecule has 1 N–H and O–H groups in total. The predicted octanol–water partition coefficient (Wildman–Crippen LogP) is 2.67. The fraction of sp³-hybridized carbons (Fsp3) is 0.444. The molecule has 1 saturated heterocycles. The zero-order valence-corrected chi connectivity index (χ0v) is 15.6. The molecule has 0 aliphatic carbocycles. The van der Waals surface area contributed by atoms with E-state index in [1.54, 1.807) is 4.90 Å². The van der Waals surface area contributed by atoms with E-state index >= 15 is 0 Å². The number of likely N-dealkylation sites (tertiary alicyclic amines) is 1. The van der Waals surface area contributed by atoms with E-state index in [9.17, 15) is 18.0 Å². The van der Waals surface area contributed by atoms with Gasteiger partial charge in [0.25, 0.3) is 5.91 Å². The Hall–Kier alpha value is -2.91. The molecule has 3 heterocycles. The van der Waals surface area contributed by atoms with Gasteiger partial charge in [-0.25, -0.2) is 9.97 Å². The second-order valence-electron chi connectivity index (χ2n) is 6.80. The Morgan fingerprint density at radius 2 is 1.89 bits per heavy atom. The van der Waals surface area contributed by atoms with Gasteiger partial charge in [0, 0.05) is 45.5 Å². The zero-order chi connectivity index (χ0) is 20.3. The number of amides is 1. The minimum absolute atomic E-state index is 0.152. The van der Waals surface area contributed by atoms with Crippen LogP contribution in [0.4, 0.5) is 24.8 Å². The number of nitrogens with zero attached hydrogens (tertiary/aromatic N) is 5. The van der Waals surface area contributed by atoms with Gasteiger partial charge < -0.3 is 15.1 Å². The normalized spacial score (nSPS) is 15.4. The van der Waals surface area contributed by atoms with Gasteiger partial charge in [-0.1, -0.05) is 0 Å². The molecular weight excluding hydrogens is 373 g/mol. The number of hydrogen-bond donors (Lipinski definition) is 1. The van der Waals surface area contributed by atoms with Crippen molar-refractivity contribution in [1.29, 1.82) is 0 Å². The van der Waals surface area contributed by atoms with Crippen molar-refractivity contribution >= 4 is 17.5 Å². The van der Waals surface area contributed by atoms with Gasteiger partial charge in [-0.2, -0.15) is 13.2 Å². The largest absolute Gasteiger partial charge is 0.433 e. The zero-order valence-electron chi connectivity index (χ0n) is 15.6. The number of carbonyl (C=O) groups excluding carboxylic acids is 1. The molecule has 150 valence electrons. The lowest BCUT2D eigenvalue weighted by molar-refractivity contribution is -0.141. The average Bonchev–Trinajstić information content (AvgIpc) is 2.68. The van der Waals surface area contributed by atoms with Gasteiger partial charge in [0.2, 0.25) is 0 Å². The molecule has 7 nitrogen and oxygen atoms in total. The highest BCUT2D eigenvalue weighted by Crippen LogP contribution is 2.27. The van der Waals surface area contributed by atoms with E-state index in [0.29, 0.717) is 25.9 Å². The van der Waals surface area contributed by atoms with Gasteiger partial charge in [-0.05, 0) is 25.0 Å². The van der Waals surface area contributed by atoms with Crippen LogP contribution in [0, 0.1) is 0 Å². The molecule has 1 aliphatic heterocycles. The van der Waals surface area contributed by atoms with Gasteiger partial charge in [-0.3, -0.25) is 9.78 Å². The van der Waals surface area contributed by atoms with Crippen LogP contribution in [0.1, 0.15) is 28.9 Å². The molecule has 28 heavy (non-hydrogen) atoms. The Morgan fingerprint density at radius 1 is 1.18 bits per heavy atom. The van der Waals surface area contributed by atoms with E-state index in [0.717, 1.165) is 23.9 Å². The van der Waals surface area contributed by atoms with Gasteiger partial charge in [0.05, 0.1) is 5.56 Å². The summed E-state index contributed by atoms with van der Waals surface area (Å²) in [5.74, 6) is 1.20. The van der Waals surface area contributed by atoms with Crippen LogP contribution in [0.2, 0.25) is 0 Å². The van der Waals surface area contributed by atoms with Crippen molar-refractivity contribution in [1.82, 2.24) is 19.9 Å². The summed E-state index contributed by atoms with van der Waals surface area (Å²) in [7, 11) is 3.79. The molecule has 2 aromatic rings. The van der Waals surface area contributed by atoms with E-state index in [2.05, 4.69) is 20.3 Å². The van der Waals surface area contributed by atoms with Crippen molar-refractivity contribution in [3.05, 3.63) is 42.0 Å². The Labute approximate surface area is 160 Å². The minimum Gasteiger partial charge on any atom is -0.367 e. The predicted molar refractivity (Wildman–Crippen MR) is 98.1 cm³/mol. The van der Waals surface area contributed by atoms with Crippen LogP contribution in [-0.2, 0) is 6.18 Å². The van der Waals surface area contributed by atoms with Crippen LogP contribution in [0.3, 0.4) is 0 Å². The molecule has 10 heteroatoms. The molecule has 0 bridgehead atoms. The Kier molecular flexibility index (Phi) is 5.66. The van der Waals surface area contributed by atoms with Crippen LogP contribution in [0.5, 0.6) is 0 Å². The highest BCUT2D eigenvalue weighted by atomic mass is 19.4. The summed E-state index contributed by atoms with van der Waals surface area (Å²) in [4.78, 5) is 27.8. The van der Waals surface area contributed by atoms with Crippen LogP contribution in [0.15, 0.2) is 30.7 Å². The number of halogens is 3. The summed E-state index contributed by atoms with van der Waals surface area (Å²) < 4.78 is 37.8. The number of carbonyl (C=O) groups is 1. The maximum atomic E-state index is 12.6. The molecule has 0 spiro atoms. The van der Waals surface area contributed by atoms with Crippen LogP contribution in [0.25, 0.3) is 0 Å². The van der Waals surface area contributed by atoms with Crippen molar-refractivity contribution in [2.75, 3.05) is 37.4 Å².